The Morgan fingerprint density at radius 3 is 2.81 bits per heavy atom. The molecule has 158 valence electrons. The van der Waals surface area contributed by atoms with Gasteiger partial charge in [-0.1, -0.05) is 30.3 Å². The molecule has 2 N–H and O–H groups in total. The molecule has 0 bridgehead atoms. The van der Waals surface area contributed by atoms with Gasteiger partial charge < -0.3 is 15.0 Å². The second kappa shape index (κ2) is 9.25. The number of ether oxygens (including phenoxy) is 1. The predicted octanol–water partition coefficient (Wildman–Crippen LogP) is 2.55. The number of rotatable bonds is 8. The molecule has 0 unspecified atom stereocenters. The van der Waals surface area contributed by atoms with Crippen LogP contribution in [0.4, 0.5) is 0 Å². The van der Waals surface area contributed by atoms with Gasteiger partial charge in [0.05, 0.1) is 18.4 Å². The summed E-state index contributed by atoms with van der Waals surface area (Å²) in [6.45, 7) is 2.78. The van der Waals surface area contributed by atoms with Crippen molar-refractivity contribution in [2.75, 3.05) is 13.2 Å². The topological polar surface area (TPSA) is 102 Å². The SMILES string of the molecule is Cc1cccc(OCCNC(=O)CCc2nc3c(cnn3-c3ccccc3)c(=O)[nH]2)c1. The molecular weight excluding hydrogens is 394 g/mol. The first-order valence-corrected chi connectivity index (χ1v) is 10.1. The molecule has 8 heteroatoms. The summed E-state index contributed by atoms with van der Waals surface area (Å²) in [4.78, 5) is 31.8. The molecule has 0 radical (unpaired) electrons. The van der Waals surface area contributed by atoms with E-state index in [0.29, 0.717) is 36.4 Å². The molecule has 0 aliphatic carbocycles. The maximum absolute atomic E-state index is 12.4. The molecule has 4 aromatic rings. The number of carbonyl (C=O) groups is 1. The van der Waals surface area contributed by atoms with E-state index in [1.54, 1.807) is 4.68 Å². The van der Waals surface area contributed by atoms with Crippen LogP contribution in [0.1, 0.15) is 17.8 Å². The van der Waals surface area contributed by atoms with Crippen LogP contribution in [-0.4, -0.2) is 38.8 Å². The Balaban J connectivity index is 1.34. The van der Waals surface area contributed by atoms with E-state index < -0.39 is 0 Å². The van der Waals surface area contributed by atoms with Crippen LogP contribution in [0.25, 0.3) is 16.7 Å². The summed E-state index contributed by atoms with van der Waals surface area (Å²) in [5.74, 6) is 1.09. The Bertz CT molecular complexity index is 1250. The molecule has 0 aliphatic rings. The fraction of sp³-hybridized carbons (Fsp3) is 0.217. The summed E-state index contributed by atoms with van der Waals surface area (Å²) in [7, 11) is 0. The molecule has 0 spiro atoms. The number of aromatic nitrogens is 4. The van der Waals surface area contributed by atoms with E-state index in [1.165, 1.54) is 6.20 Å². The summed E-state index contributed by atoms with van der Waals surface area (Å²) < 4.78 is 7.25. The van der Waals surface area contributed by atoms with Gasteiger partial charge in [-0.15, -0.1) is 0 Å². The van der Waals surface area contributed by atoms with E-state index in [-0.39, 0.29) is 17.9 Å². The third kappa shape index (κ3) is 4.98. The minimum absolute atomic E-state index is 0.132. The lowest BCUT2D eigenvalue weighted by atomic mass is 10.2. The lowest BCUT2D eigenvalue weighted by molar-refractivity contribution is -0.121. The van der Waals surface area contributed by atoms with E-state index in [1.807, 2.05) is 61.5 Å². The number of H-pyrrole nitrogens is 1. The van der Waals surface area contributed by atoms with Crippen LogP contribution in [0.2, 0.25) is 0 Å². The highest BCUT2D eigenvalue weighted by Crippen LogP contribution is 2.14. The minimum atomic E-state index is -0.269. The quantitative estimate of drug-likeness (QED) is 0.429. The van der Waals surface area contributed by atoms with Gasteiger partial charge in [-0.05, 0) is 36.8 Å². The lowest BCUT2D eigenvalue weighted by Crippen LogP contribution is -2.28. The number of para-hydroxylation sites is 1. The molecule has 0 aliphatic heterocycles. The van der Waals surface area contributed by atoms with Crippen molar-refractivity contribution in [3.8, 4) is 11.4 Å². The molecule has 31 heavy (non-hydrogen) atoms. The number of aryl methyl sites for hydroxylation is 2. The summed E-state index contributed by atoms with van der Waals surface area (Å²) in [5.41, 5.74) is 2.13. The zero-order chi connectivity index (χ0) is 21.6. The van der Waals surface area contributed by atoms with Crippen molar-refractivity contribution >= 4 is 16.9 Å². The fourth-order valence-electron chi connectivity index (χ4n) is 3.23. The highest BCUT2D eigenvalue weighted by molar-refractivity contribution is 5.77. The van der Waals surface area contributed by atoms with Crippen molar-refractivity contribution in [2.45, 2.75) is 19.8 Å². The maximum atomic E-state index is 12.4. The number of nitrogens with one attached hydrogen (secondary N) is 2. The zero-order valence-electron chi connectivity index (χ0n) is 17.2. The number of fused-ring (bicyclic) bond motifs is 1. The van der Waals surface area contributed by atoms with Crippen LogP contribution in [0.3, 0.4) is 0 Å². The Kier molecular flexibility index (Phi) is 6.07. The van der Waals surface area contributed by atoms with Crippen LogP contribution < -0.4 is 15.6 Å². The van der Waals surface area contributed by atoms with Gasteiger partial charge in [-0.3, -0.25) is 9.59 Å². The van der Waals surface area contributed by atoms with Gasteiger partial charge in [0.2, 0.25) is 5.91 Å². The first kappa shape index (κ1) is 20.3. The Hall–Kier alpha value is -3.94. The van der Waals surface area contributed by atoms with Gasteiger partial charge in [-0.2, -0.15) is 5.10 Å². The van der Waals surface area contributed by atoms with Crippen LogP contribution >= 0.6 is 0 Å². The number of hydrogen-bond acceptors (Lipinski definition) is 5. The van der Waals surface area contributed by atoms with Gasteiger partial charge >= 0.3 is 0 Å². The molecular formula is C23H23N5O3. The molecule has 0 saturated carbocycles. The van der Waals surface area contributed by atoms with Gasteiger partial charge in [0.15, 0.2) is 5.65 Å². The largest absolute Gasteiger partial charge is 0.492 e. The molecule has 1 amide bonds. The fourth-order valence-corrected chi connectivity index (χ4v) is 3.23. The lowest BCUT2D eigenvalue weighted by Gasteiger charge is -2.08. The van der Waals surface area contributed by atoms with Crippen molar-refractivity contribution < 1.29 is 9.53 Å². The van der Waals surface area contributed by atoms with Crippen molar-refractivity contribution in [3.05, 3.63) is 82.5 Å². The molecule has 2 aromatic carbocycles. The van der Waals surface area contributed by atoms with Crippen LogP contribution in [0.15, 0.2) is 65.6 Å². The Morgan fingerprint density at radius 1 is 1.16 bits per heavy atom. The Labute approximate surface area is 178 Å². The monoisotopic (exact) mass is 417 g/mol. The van der Waals surface area contributed by atoms with Crippen molar-refractivity contribution in [1.29, 1.82) is 0 Å². The van der Waals surface area contributed by atoms with Crippen LogP contribution in [0, 0.1) is 6.92 Å². The van der Waals surface area contributed by atoms with E-state index in [4.69, 9.17) is 4.74 Å². The number of aromatic amines is 1. The molecule has 0 fully saturated rings. The first-order chi connectivity index (χ1) is 15.1. The molecule has 8 nitrogen and oxygen atoms in total. The maximum Gasteiger partial charge on any atom is 0.262 e. The first-order valence-electron chi connectivity index (χ1n) is 10.1. The van der Waals surface area contributed by atoms with Crippen molar-refractivity contribution in [2.24, 2.45) is 0 Å². The van der Waals surface area contributed by atoms with E-state index in [9.17, 15) is 9.59 Å². The third-order valence-electron chi connectivity index (χ3n) is 4.76. The smallest absolute Gasteiger partial charge is 0.262 e. The molecule has 2 heterocycles. The highest BCUT2D eigenvalue weighted by atomic mass is 16.5. The molecule has 2 aromatic heterocycles. The summed E-state index contributed by atoms with van der Waals surface area (Å²) >= 11 is 0. The minimum Gasteiger partial charge on any atom is -0.492 e. The number of amides is 1. The summed E-state index contributed by atoms with van der Waals surface area (Å²) in [5, 5.41) is 7.51. The number of hydrogen-bond donors (Lipinski definition) is 2. The predicted molar refractivity (Wildman–Crippen MR) is 117 cm³/mol. The van der Waals surface area contributed by atoms with Crippen LogP contribution in [-0.2, 0) is 11.2 Å². The average Bonchev–Trinajstić information content (AvgIpc) is 3.21. The van der Waals surface area contributed by atoms with Gasteiger partial charge in [0.1, 0.15) is 23.6 Å². The summed E-state index contributed by atoms with van der Waals surface area (Å²) in [6, 6.07) is 17.2. The van der Waals surface area contributed by atoms with E-state index in [0.717, 1.165) is 17.0 Å². The molecule has 0 atom stereocenters. The van der Waals surface area contributed by atoms with Gasteiger partial charge in [0.25, 0.3) is 5.56 Å². The number of benzene rings is 2. The number of carbonyl (C=O) groups excluding carboxylic acids is 1. The van der Waals surface area contributed by atoms with Gasteiger partial charge in [-0.25, -0.2) is 9.67 Å². The molecule has 0 saturated heterocycles. The highest BCUT2D eigenvalue weighted by Gasteiger charge is 2.12. The second-order valence-corrected chi connectivity index (χ2v) is 7.16. The van der Waals surface area contributed by atoms with E-state index in [2.05, 4.69) is 20.4 Å². The Morgan fingerprint density at radius 2 is 2.00 bits per heavy atom. The number of nitrogens with zero attached hydrogens (tertiary/aromatic N) is 3. The van der Waals surface area contributed by atoms with Crippen molar-refractivity contribution in [3.63, 3.8) is 0 Å². The molecule has 4 rings (SSSR count). The standard InChI is InChI=1S/C23H23N5O3/c1-16-6-5-9-18(14-16)31-13-12-24-21(29)11-10-20-26-22-19(23(30)27-20)15-25-28(22)17-7-3-2-4-8-17/h2-9,14-15H,10-13H2,1H3,(H,24,29)(H,26,27,30). The second-order valence-electron chi connectivity index (χ2n) is 7.16. The van der Waals surface area contributed by atoms with Gasteiger partial charge in [0, 0.05) is 12.8 Å². The summed E-state index contributed by atoms with van der Waals surface area (Å²) in [6.07, 6.45) is 2.02. The van der Waals surface area contributed by atoms with Crippen LogP contribution in [0.5, 0.6) is 5.75 Å². The zero-order valence-corrected chi connectivity index (χ0v) is 17.2. The average molecular weight is 417 g/mol. The van der Waals surface area contributed by atoms with Crippen molar-refractivity contribution in [1.82, 2.24) is 25.1 Å². The normalized spacial score (nSPS) is 10.9. The van der Waals surface area contributed by atoms with E-state index >= 15 is 0 Å². The third-order valence-corrected chi connectivity index (χ3v) is 4.76.